The number of hydrogen-bond acceptors (Lipinski definition) is 6. The lowest BCUT2D eigenvalue weighted by molar-refractivity contribution is 0.0526. The Bertz CT molecular complexity index is 634. The molecule has 2 rings (SSSR count). The highest BCUT2D eigenvalue weighted by Crippen LogP contribution is 2.36. The number of ether oxygens (including phenoxy) is 2. The molecule has 0 N–H and O–H groups in total. The average molecular weight is 345 g/mol. The molecule has 0 unspecified atom stereocenters. The molecule has 0 bridgehead atoms. The van der Waals surface area contributed by atoms with Crippen LogP contribution in [0.4, 0.5) is 0 Å². The topological polar surface area (TPSA) is 79.1 Å². The monoisotopic (exact) mass is 344 g/mol. The first-order valence-corrected chi connectivity index (χ1v) is 7.37. The minimum Gasteiger partial charge on any atom is -0.490 e. The van der Waals surface area contributed by atoms with Crippen LogP contribution in [0, 0.1) is 0 Å². The molecule has 0 fully saturated rings. The summed E-state index contributed by atoms with van der Waals surface area (Å²) in [7, 11) is 0. The molecule has 0 atom stereocenters. The second-order valence-corrected chi connectivity index (χ2v) is 5.02. The zero-order valence-electron chi connectivity index (χ0n) is 11.8. The maximum atomic E-state index is 11.8. The van der Waals surface area contributed by atoms with E-state index in [1.807, 2.05) is 0 Å². The lowest BCUT2D eigenvalue weighted by atomic mass is 10.2. The smallest absolute Gasteiger partial charge is 0.339 e. The van der Waals surface area contributed by atoms with Crippen molar-refractivity contribution in [2.24, 2.45) is 0 Å². The Kier molecular flexibility index (Phi) is 5.97. The molecule has 7 nitrogen and oxygen atoms in total. The van der Waals surface area contributed by atoms with E-state index in [-0.39, 0.29) is 22.9 Å². The van der Waals surface area contributed by atoms with Crippen molar-refractivity contribution < 1.29 is 14.3 Å². The number of hydrogen-bond donors (Lipinski definition) is 0. The maximum Gasteiger partial charge on any atom is 0.339 e. The summed E-state index contributed by atoms with van der Waals surface area (Å²) in [6, 6.07) is 3.06. The SMILES string of the molecule is CCOC(=O)c1ccc(Cl)c(OCCCn2cnnn2)c1Cl. The molecule has 0 radical (unpaired) electrons. The van der Waals surface area contributed by atoms with Crippen molar-refractivity contribution in [3.8, 4) is 5.75 Å². The van der Waals surface area contributed by atoms with E-state index in [4.69, 9.17) is 32.7 Å². The molecule has 0 saturated carbocycles. The Labute approximate surface area is 137 Å². The number of carbonyl (C=O) groups excluding carboxylic acids is 1. The van der Waals surface area contributed by atoms with Crippen molar-refractivity contribution in [2.45, 2.75) is 19.9 Å². The van der Waals surface area contributed by atoms with Gasteiger partial charge >= 0.3 is 5.97 Å². The number of tetrazole rings is 1. The predicted octanol–water partition coefficient (Wildman–Crippen LogP) is 2.63. The van der Waals surface area contributed by atoms with E-state index in [1.54, 1.807) is 17.7 Å². The number of benzene rings is 1. The quantitative estimate of drug-likeness (QED) is 0.567. The standard InChI is InChI=1S/C13H14Cl2N4O3/c1-2-21-13(20)9-4-5-10(14)12(11(9)15)22-7-3-6-19-8-16-17-18-19/h4-5,8H,2-3,6-7H2,1H3. The van der Waals surface area contributed by atoms with E-state index in [9.17, 15) is 4.79 Å². The predicted molar refractivity (Wildman–Crippen MR) is 80.3 cm³/mol. The minimum atomic E-state index is -0.511. The van der Waals surface area contributed by atoms with Crippen LogP contribution in [0.5, 0.6) is 5.75 Å². The van der Waals surface area contributed by atoms with Crippen LogP contribution in [0.15, 0.2) is 18.5 Å². The molecule has 1 aromatic heterocycles. The summed E-state index contributed by atoms with van der Waals surface area (Å²) in [4.78, 5) is 11.8. The summed E-state index contributed by atoms with van der Waals surface area (Å²) < 4.78 is 12.1. The Morgan fingerprint density at radius 2 is 2.18 bits per heavy atom. The molecule has 0 aliphatic carbocycles. The average Bonchev–Trinajstić information content (AvgIpc) is 2.99. The maximum absolute atomic E-state index is 11.8. The van der Waals surface area contributed by atoms with Gasteiger partial charge in [-0.2, -0.15) is 0 Å². The highest BCUT2D eigenvalue weighted by molar-refractivity contribution is 6.39. The van der Waals surface area contributed by atoms with Crippen molar-refractivity contribution in [1.29, 1.82) is 0 Å². The minimum absolute atomic E-state index is 0.147. The highest BCUT2D eigenvalue weighted by Gasteiger charge is 2.18. The van der Waals surface area contributed by atoms with E-state index >= 15 is 0 Å². The van der Waals surface area contributed by atoms with Gasteiger partial charge in [0.1, 0.15) is 6.33 Å². The van der Waals surface area contributed by atoms with Gasteiger partial charge in [0, 0.05) is 13.0 Å². The summed E-state index contributed by atoms with van der Waals surface area (Å²) in [6.45, 7) is 2.93. The van der Waals surface area contributed by atoms with Gasteiger partial charge in [-0.15, -0.1) is 5.10 Å². The molecule has 9 heteroatoms. The van der Waals surface area contributed by atoms with Gasteiger partial charge in [0.2, 0.25) is 0 Å². The van der Waals surface area contributed by atoms with Crippen LogP contribution in [0.1, 0.15) is 23.7 Å². The van der Waals surface area contributed by atoms with Gasteiger partial charge < -0.3 is 9.47 Å². The number of esters is 1. The van der Waals surface area contributed by atoms with Crippen LogP contribution in [0.25, 0.3) is 0 Å². The van der Waals surface area contributed by atoms with Gasteiger partial charge in [0.25, 0.3) is 0 Å². The number of aromatic nitrogens is 4. The zero-order valence-corrected chi connectivity index (χ0v) is 13.3. The van der Waals surface area contributed by atoms with Crippen LogP contribution in [0.3, 0.4) is 0 Å². The Morgan fingerprint density at radius 1 is 1.36 bits per heavy atom. The molecule has 2 aromatic rings. The third-order valence-corrected chi connectivity index (χ3v) is 3.39. The first-order valence-electron chi connectivity index (χ1n) is 6.62. The number of halogens is 2. The first kappa shape index (κ1) is 16.5. The summed E-state index contributed by atoms with van der Waals surface area (Å²) in [5.74, 6) is -0.242. The first-order chi connectivity index (χ1) is 10.6. The van der Waals surface area contributed by atoms with E-state index in [0.717, 1.165) is 0 Å². The van der Waals surface area contributed by atoms with Crippen molar-refractivity contribution in [3.05, 3.63) is 34.1 Å². The van der Waals surface area contributed by atoms with Crippen molar-refractivity contribution in [3.63, 3.8) is 0 Å². The lowest BCUT2D eigenvalue weighted by Gasteiger charge is -2.12. The van der Waals surface area contributed by atoms with Crippen LogP contribution in [-0.2, 0) is 11.3 Å². The van der Waals surface area contributed by atoms with Crippen LogP contribution in [0.2, 0.25) is 10.0 Å². The van der Waals surface area contributed by atoms with Crippen molar-refractivity contribution in [2.75, 3.05) is 13.2 Å². The molecule has 0 aliphatic rings. The van der Waals surface area contributed by atoms with E-state index < -0.39 is 5.97 Å². The second-order valence-electron chi connectivity index (χ2n) is 4.23. The Morgan fingerprint density at radius 3 is 2.86 bits per heavy atom. The summed E-state index contributed by atoms with van der Waals surface area (Å²) in [5, 5.41) is 11.3. The fraction of sp³-hybridized carbons (Fsp3) is 0.385. The molecule has 1 heterocycles. The molecule has 118 valence electrons. The number of carbonyl (C=O) groups is 1. The van der Waals surface area contributed by atoms with Gasteiger partial charge in [-0.05, 0) is 29.5 Å². The van der Waals surface area contributed by atoms with E-state index in [1.165, 1.54) is 12.4 Å². The molecule has 0 saturated heterocycles. The third kappa shape index (κ3) is 4.08. The van der Waals surface area contributed by atoms with E-state index in [0.29, 0.717) is 24.6 Å². The highest BCUT2D eigenvalue weighted by atomic mass is 35.5. The van der Waals surface area contributed by atoms with E-state index in [2.05, 4.69) is 15.5 Å². The molecular weight excluding hydrogens is 331 g/mol. The van der Waals surface area contributed by atoms with Crippen LogP contribution >= 0.6 is 23.2 Å². The number of rotatable bonds is 7. The number of aryl methyl sites for hydroxylation is 1. The third-order valence-electron chi connectivity index (χ3n) is 2.71. The van der Waals surface area contributed by atoms with Crippen molar-refractivity contribution >= 4 is 29.2 Å². The molecular formula is C13H14Cl2N4O3. The fourth-order valence-electron chi connectivity index (χ4n) is 1.71. The largest absolute Gasteiger partial charge is 0.490 e. The van der Waals surface area contributed by atoms with Gasteiger partial charge in [0.05, 0.1) is 28.8 Å². The number of nitrogens with zero attached hydrogens (tertiary/aromatic N) is 4. The zero-order chi connectivity index (χ0) is 15.9. The Balaban J connectivity index is 2.00. The van der Waals surface area contributed by atoms with Gasteiger partial charge in [-0.3, -0.25) is 0 Å². The van der Waals surface area contributed by atoms with Crippen LogP contribution in [-0.4, -0.2) is 39.4 Å². The fourth-order valence-corrected chi connectivity index (χ4v) is 2.27. The molecule has 1 aromatic carbocycles. The van der Waals surface area contributed by atoms with Gasteiger partial charge in [-0.25, -0.2) is 9.48 Å². The normalized spacial score (nSPS) is 10.5. The Hall–Kier alpha value is -1.86. The lowest BCUT2D eigenvalue weighted by Crippen LogP contribution is -2.08. The second kappa shape index (κ2) is 7.95. The van der Waals surface area contributed by atoms with Gasteiger partial charge in [0.15, 0.2) is 5.75 Å². The van der Waals surface area contributed by atoms with Crippen molar-refractivity contribution in [1.82, 2.24) is 20.2 Å². The molecule has 0 amide bonds. The van der Waals surface area contributed by atoms with Gasteiger partial charge in [-0.1, -0.05) is 23.2 Å². The van der Waals surface area contributed by atoms with Crippen LogP contribution < -0.4 is 4.74 Å². The molecule has 22 heavy (non-hydrogen) atoms. The summed E-state index contributed by atoms with van der Waals surface area (Å²) in [5.41, 5.74) is 0.225. The summed E-state index contributed by atoms with van der Waals surface area (Å²) >= 11 is 12.2. The molecule has 0 spiro atoms. The molecule has 0 aliphatic heterocycles. The summed E-state index contributed by atoms with van der Waals surface area (Å²) in [6.07, 6.45) is 2.17.